The lowest BCUT2D eigenvalue weighted by molar-refractivity contribution is -0.167. The molecule has 3 fully saturated rings. The van der Waals surface area contributed by atoms with Crippen molar-refractivity contribution in [2.24, 2.45) is 5.41 Å². The fraction of sp³-hybridized carbons (Fsp3) is 0.684. The van der Waals surface area contributed by atoms with Crippen LogP contribution in [-0.2, 0) is 39.9 Å². The molecule has 4 heterocycles. The Balaban J connectivity index is 1.52. The zero-order valence-electron chi connectivity index (χ0n) is 29.6. The fourth-order valence-corrected chi connectivity index (χ4v) is 9.92. The number of halogens is 3. The van der Waals surface area contributed by atoms with Crippen molar-refractivity contribution in [3.63, 3.8) is 0 Å². The van der Waals surface area contributed by atoms with Gasteiger partial charge in [-0.25, -0.2) is 0 Å². The van der Waals surface area contributed by atoms with E-state index < -0.39 is 37.9 Å². The van der Waals surface area contributed by atoms with Gasteiger partial charge in [-0.05, 0) is 73.5 Å². The first-order valence-corrected chi connectivity index (χ1v) is 20.9. The molecule has 7 rings (SSSR count). The second-order valence-corrected chi connectivity index (χ2v) is 21.2. The summed E-state index contributed by atoms with van der Waals surface area (Å²) in [6, 6.07) is 5.40. The fourth-order valence-electron chi connectivity index (χ4n) is 8.66. The summed E-state index contributed by atoms with van der Waals surface area (Å²) in [4.78, 5) is 18.4. The molecular formula is C38H50F3NO6Si. The SMILES string of the molecule is CC(=O)O[C@H]1c2nc(C3CCOCC3)c3c(c2[C@@H](O[Si](C)(C)C(C)(C)C)CC12CCC2)C1(CCOCC1)O[C@@H]3c1ccc(C(F)(F)F)cc1. The number of ether oxygens (including phenoxy) is 4. The number of aromatic nitrogens is 1. The first kappa shape index (κ1) is 35.1. The Kier molecular flexibility index (Phi) is 8.90. The van der Waals surface area contributed by atoms with E-state index in [1.807, 2.05) is 0 Å². The largest absolute Gasteiger partial charge is 0.455 e. The molecule has 11 heteroatoms. The molecular weight excluding hydrogens is 651 g/mol. The van der Waals surface area contributed by atoms with Crippen molar-refractivity contribution in [2.45, 2.75) is 133 Å². The minimum Gasteiger partial charge on any atom is -0.455 e. The van der Waals surface area contributed by atoms with Gasteiger partial charge in [0.2, 0.25) is 0 Å². The Labute approximate surface area is 288 Å². The van der Waals surface area contributed by atoms with Gasteiger partial charge in [0.25, 0.3) is 0 Å². The maximum Gasteiger partial charge on any atom is 0.416 e. The van der Waals surface area contributed by atoms with Crippen LogP contribution in [0.3, 0.4) is 0 Å². The lowest BCUT2D eigenvalue weighted by Gasteiger charge is -2.54. The summed E-state index contributed by atoms with van der Waals surface area (Å²) in [5.41, 5.74) is 3.58. The molecule has 2 aromatic rings. The third-order valence-corrected chi connectivity index (χ3v) is 16.9. The molecule has 3 aliphatic heterocycles. The van der Waals surface area contributed by atoms with Crippen LogP contribution in [0.5, 0.6) is 0 Å². The van der Waals surface area contributed by atoms with Crippen LogP contribution in [0.15, 0.2) is 24.3 Å². The minimum atomic E-state index is -4.44. The van der Waals surface area contributed by atoms with Crippen molar-refractivity contribution in [1.82, 2.24) is 4.98 Å². The molecule has 7 nitrogen and oxygen atoms in total. The normalized spacial score (nSPS) is 26.7. The van der Waals surface area contributed by atoms with Gasteiger partial charge >= 0.3 is 12.1 Å². The molecule has 2 spiro atoms. The zero-order valence-corrected chi connectivity index (χ0v) is 30.6. The summed E-state index contributed by atoms with van der Waals surface area (Å²) >= 11 is 0. The van der Waals surface area contributed by atoms with Gasteiger partial charge in [0.05, 0.1) is 28.7 Å². The van der Waals surface area contributed by atoms with E-state index >= 15 is 0 Å². The number of hydrogen-bond acceptors (Lipinski definition) is 7. The van der Waals surface area contributed by atoms with E-state index in [4.69, 9.17) is 28.4 Å². The summed E-state index contributed by atoms with van der Waals surface area (Å²) in [7, 11) is -2.33. The Bertz CT molecular complexity index is 1570. The lowest BCUT2D eigenvalue weighted by atomic mass is 9.57. The molecule has 268 valence electrons. The van der Waals surface area contributed by atoms with Crippen LogP contribution in [0, 0.1) is 5.41 Å². The number of fused-ring (bicyclic) bond motifs is 4. The van der Waals surface area contributed by atoms with Crippen LogP contribution < -0.4 is 0 Å². The molecule has 1 saturated carbocycles. The summed E-state index contributed by atoms with van der Waals surface area (Å²) in [6.45, 7) is 14.9. The monoisotopic (exact) mass is 701 g/mol. The van der Waals surface area contributed by atoms with Crippen LogP contribution in [0.25, 0.3) is 0 Å². The Hall–Kier alpha value is -2.31. The van der Waals surface area contributed by atoms with Gasteiger partial charge in [0.15, 0.2) is 8.32 Å². The maximum absolute atomic E-state index is 13.7. The average Bonchev–Trinajstić information content (AvgIpc) is 3.34. The molecule has 0 bridgehead atoms. The van der Waals surface area contributed by atoms with E-state index in [0.717, 1.165) is 72.3 Å². The Morgan fingerprint density at radius 2 is 1.55 bits per heavy atom. The molecule has 2 saturated heterocycles. The van der Waals surface area contributed by atoms with Crippen LogP contribution in [0.2, 0.25) is 18.1 Å². The van der Waals surface area contributed by atoms with E-state index in [1.54, 1.807) is 12.1 Å². The van der Waals surface area contributed by atoms with E-state index in [1.165, 1.54) is 6.92 Å². The number of carbonyl (C=O) groups is 1. The second-order valence-electron chi connectivity index (χ2n) is 16.5. The molecule has 0 amide bonds. The molecule has 49 heavy (non-hydrogen) atoms. The number of hydrogen-bond donors (Lipinski definition) is 0. The first-order chi connectivity index (χ1) is 23.1. The number of alkyl halides is 3. The smallest absolute Gasteiger partial charge is 0.416 e. The van der Waals surface area contributed by atoms with Crippen molar-refractivity contribution < 1.29 is 41.3 Å². The number of benzene rings is 1. The first-order valence-electron chi connectivity index (χ1n) is 18.0. The van der Waals surface area contributed by atoms with Gasteiger partial charge in [-0.3, -0.25) is 9.78 Å². The van der Waals surface area contributed by atoms with Crippen molar-refractivity contribution in [3.05, 3.63) is 63.5 Å². The van der Waals surface area contributed by atoms with Gasteiger partial charge in [-0.2, -0.15) is 13.2 Å². The van der Waals surface area contributed by atoms with Crippen LogP contribution in [-0.4, -0.2) is 45.7 Å². The summed E-state index contributed by atoms with van der Waals surface area (Å²) < 4.78 is 73.7. The van der Waals surface area contributed by atoms with Crippen molar-refractivity contribution in [2.75, 3.05) is 26.4 Å². The Morgan fingerprint density at radius 3 is 2.10 bits per heavy atom. The van der Waals surface area contributed by atoms with Gasteiger partial charge in [-0.15, -0.1) is 0 Å². The predicted octanol–water partition coefficient (Wildman–Crippen LogP) is 9.36. The molecule has 1 aromatic carbocycles. The molecule has 1 aromatic heterocycles. The molecule has 3 atom stereocenters. The van der Waals surface area contributed by atoms with Crippen LogP contribution in [0.4, 0.5) is 13.2 Å². The van der Waals surface area contributed by atoms with Gasteiger partial charge in [0, 0.05) is 68.7 Å². The highest BCUT2D eigenvalue weighted by molar-refractivity contribution is 6.74. The highest BCUT2D eigenvalue weighted by Gasteiger charge is 2.59. The van der Waals surface area contributed by atoms with E-state index in [2.05, 4.69) is 33.9 Å². The number of pyridine rings is 1. The number of rotatable bonds is 5. The molecule has 0 N–H and O–H groups in total. The third-order valence-electron chi connectivity index (χ3n) is 12.4. The Morgan fingerprint density at radius 1 is 0.918 bits per heavy atom. The summed E-state index contributed by atoms with van der Waals surface area (Å²) in [6.07, 6.45) is 0.475. The lowest BCUT2D eigenvalue weighted by Crippen LogP contribution is -2.49. The predicted molar refractivity (Wildman–Crippen MR) is 180 cm³/mol. The summed E-state index contributed by atoms with van der Waals surface area (Å²) in [5, 5.41) is -0.0546. The number of carbonyl (C=O) groups excluding carboxylic acids is 1. The second kappa shape index (κ2) is 12.4. The van der Waals surface area contributed by atoms with Gasteiger partial charge in [-0.1, -0.05) is 39.3 Å². The summed E-state index contributed by atoms with van der Waals surface area (Å²) in [5.74, 6) is -0.277. The zero-order chi connectivity index (χ0) is 35.0. The quantitative estimate of drug-likeness (QED) is 0.227. The topological polar surface area (TPSA) is 76.1 Å². The van der Waals surface area contributed by atoms with E-state index in [-0.39, 0.29) is 28.4 Å². The molecule has 5 aliphatic rings. The van der Waals surface area contributed by atoms with E-state index in [0.29, 0.717) is 51.3 Å². The molecule has 2 aliphatic carbocycles. The highest BCUT2D eigenvalue weighted by atomic mass is 28.4. The minimum absolute atomic E-state index is 0.0546. The number of esters is 1. The van der Waals surface area contributed by atoms with E-state index in [9.17, 15) is 18.0 Å². The van der Waals surface area contributed by atoms with Crippen molar-refractivity contribution >= 4 is 14.3 Å². The standard InChI is InChI=1S/C38H50F3NO6Si/c1-23(43)46-34-32-28(27(22-36(34)14-7-15-36)48-49(5,6)35(2,3)4)30-29(31(42-32)24-12-18-44-19-13-24)33(47-37(30)16-20-45-21-17-37)25-8-10-26(11-9-25)38(39,40)41/h8-11,24,27,33-34H,7,12-22H2,1-6H3/t27-,33+,34-/m0/s1. The van der Waals surface area contributed by atoms with Gasteiger partial charge in [0.1, 0.15) is 12.2 Å². The maximum atomic E-state index is 13.7. The van der Waals surface area contributed by atoms with Crippen molar-refractivity contribution in [3.8, 4) is 0 Å². The highest BCUT2D eigenvalue weighted by Crippen LogP contribution is 2.66. The average molecular weight is 702 g/mol. The third kappa shape index (κ3) is 6.09. The van der Waals surface area contributed by atoms with Crippen LogP contribution in [0.1, 0.15) is 142 Å². The molecule has 0 unspecified atom stereocenters. The number of nitrogens with zero attached hydrogens (tertiary/aromatic N) is 1. The van der Waals surface area contributed by atoms with Gasteiger partial charge < -0.3 is 23.4 Å². The van der Waals surface area contributed by atoms with Crippen LogP contribution >= 0.6 is 0 Å². The van der Waals surface area contributed by atoms with Crippen molar-refractivity contribution in [1.29, 1.82) is 0 Å². The molecule has 0 radical (unpaired) electrons.